The molecule has 20 heavy (non-hydrogen) atoms. The summed E-state index contributed by atoms with van der Waals surface area (Å²) in [7, 11) is 0. The predicted molar refractivity (Wildman–Crippen MR) is 70.5 cm³/mol. The first-order valence-corrected chi connectivity index (χ1v) is 7.06. The van der Waals surface area contributed by atoms with Crippen molar-refractivity contribution in [1.29, 1.82) is 0 Å². The second-order valence-electron chi connectivity index (χ2n) is 5.84. The summed E-state index contributed by atoms with van der Waals surface area (Å²) < 4.78 is 46.1. The van der Waals surface area contributed by atoms with Gasteiger partial charge in [0.2, 0.25) is 0 Å². The molecule has 3 nitrogen and oxygen atoms in total. The van der Waals surface area contributed by atoms with Crippen LogP contribution in [-0.4, -0.2) is 17.1 Å². The maximum atomic E-state index is 12.0. The van der Waals surface area contributed by atoms with E-state index in [-0.39, 0.29) is 23.6 Å². The monoisotopic (exact) mass is 312 g/mol. The lowest BCUT2D eigenvalue weighted by Crippen LogP contribution is -2.33. The number of ether oxygens (including phenoxy) is 1. The highest BCUT2D eigenvalue weighted by molar-refractivity contribution is 7.95. The molecule has 0 spiro atoms. The molecule has 0 saturated heterocycles. The predicted octanol–water partition coefficient (Wildman–Crippen LogP) is 4.44. The number of carbonyl (C=O) groups is 1. The molecule has 0 N–H and O–H groups in total. The van der Waals surface area contributed by atoms with Crippen molar-refractivity contribution >= 4 is 18.0 Å². The molecule has 1 aliphatic rings. The van der Waals surface area contributed by atoms with E-state index in [2.05, 4.69) is 4.18 Å². The lowest BCUT2D eigenvalue weighted by molar-refractivity contribution is -0.162. The molecule has 0 aromatic heterocycles. The van der Waals surface area contributed by atoms with E-state index in [1.54, 1.807) is 20.8 Å². The van der Waals surface area contributed by atoms with E-state index in [1.807, 2.05) is 6.92 Å². The van der Waals surface area contributed by atoms with Gasteiger partial charge in [0.15, 0.2) is 12.0 Å². The Hall–Kier alpha value is -0.850. The third-order valence-electron chi connectivity index (χ3n) is 2.76. The highest BCUT2D eigenvalue weighted by atomic mass is 32.2. The molecule has 1 rings (SSSR count). The molecular formula is C13H19F3O3S. The molecule has 0 aromatic carbocycles. The molecule has 0 amide bonds. The van der Waals surface area contributed by atoms with Crippen LogP contribution in [0.1, 0.15) is 40.5 Å². The average molecular weight is 312 g/mol. The van der Waals surface area contributed by atoms with Gasteiger partial charge in [0.1, 0.15) is 11.4 Å². The van der Waals surface area contributed by atoms with Crippen LogP contribution >= 0.6 is 12.0 Å². The fourth-order valence-electron chi connectivity index (χ4n) is 1.91. The Morgan fingerprint density at radius 1 is 1.35 bits per heavy atom. The van der Waals surface area contributed by atoms with E-state index in [0.29, 0.717) is 12.8 Å². The Bertz CT molecular complexity index is 385. The molecular weight excluding hydrogens is 293 g/mol. The SMILES string of the molecule is CC1CC(OSC(F)(F)F)=CC[C@H]1C(=O)OC(C)(C)C. The first kappa shape index (κ1) is 17.2. The van der Waals surface area contributed by atoms with E-state index in [4.69, 9.17) is 4.74 Å². The molecule has 0 radical (unpaired) electrons. The topological polar surface area (TPSA) is 35.5 Å². The zero-order valence-electron chi connectivity index (χ0n) is 11.9. The third kappa shape index (κ3) is 6.07. The number of esters is 1. The van der Waals surface area contributed by atoms with Gasteiger partial charge in [0.25, 0.3) is 0 Å². The van der Waals surface area contributed by atoms with Crippen LogP contribution in [0.4, 0.5) is 13.2 Å². The highest BCUT2D eigenvalue weighted by Gasteiger charge is 2.35. The number of hydrogen-bond acceptors (Lipinski definition) is 4. The summed E-state index contributed by atoms with van der Waals surface area (Å²) in [5.74, 6) is -0.500. The summed E-state index contributed by atoms with van der Waals surface area (Å²) in [4.78, 5) is 12.0. The second-order valence-corrected chi connectivity index (χ2v) is 6.64. The van der Waals surface area contributed by atoms with E-state index in [0.717, 1.165) is 0 Å². The Balaban J connectivity index is 2.57. The molecule has 0 fully saturated rings. The number of hydrogen-bond donors (Lipinski definition) is 0. The van der Waals surface area contributed by atoms with Crippen molar-refractivity contribution in [1.82, 2.24) is 0 Å². The summed E-state index contributed by atoms with van der Waals surface area (Å²) in [5.41, 5.74) is -4.99. The highest BCUT2D eigenvalue weighted by Crippen LogP contribution is 2.38. The molecule has 2 atom stereocenters. The van der Waals surface area contributed by atoms with Gasteiger partial charge in [0, 0.05) is 6.42 Å². The van der Waals surface area contributed by atoms with Crippen LogP contribution in [-0.2, 0) is 13.7 Å². The van der Waals surface area contributed by atoms with E-state index >= 15 is 0 Å². The van der Waals surface area contributed by atoms with E-state index < -0.39 is 23.2 Å². The third-order valence-corrected chi connectivity index (χ3v) is 3.25. The van der Waals surface area contributed by atoms with Gasteiger partial charge in [-0.05, 0) is 39.2 Å². The van der Waals surface area contributed by atoms with Crippen LogP contribution in [0.5, 0.6) is 0 Å². The lowest BCUT2D eigenvalue weighted by Gasteiger charge is -2.29. The summed E-state index contributed by atoms with van der Waals surface area (Å²) >= 11 is -0.523. The number of carbonyl (C=O) groups excluding carboxylic acids is 1. The fourth-order valence-corrected chi connectivity index (χ4v) is 2.25. The molecule has 0 bridgehead atoms. The average Bonchev–Trinajstić information content (AvgIpc) is 2.22. The maximum absolute atomic E-state index is 12.0. The summed E-state index contributed by atoms with van der Waals surface area (Å²) in [6.07, 6.45) is 2.17. The van der Waals surface area contributed by atoms with Crippen LogP contribution in [0.3, 0.4) is 0 Å². The first-order valence-electron chi connectivity index (χ1n) is 6.32. The van der Waals surface area contributed by atoms with Crippen molar-refractivity contribution in [2.45, 2.75) is 51.6 Å². The molecule has 0 aliphatic heterocycles. The zero-order chi connectivity index (χ0) is 15.6. The maximum Gasteiger partial charge on any atom is 0.479 e. The van der Waals surface area contributed by atoms with E-state index in [9.17, 15) is 18.0 Å². The summed E-state index contributed by atoms with van der Waals surface area (Å²) in [6, 6.07) is 0. The van der Waals surface area contributed by atoms with Gasteiger partial charge in [-0.15, -0.1) is 0 Å². The van der Waals surface area contributed by atoms with Crippen molar-refractivity contribution in [2.75, 3.05) is 0 Å². The Morgan fingerprint density at radius 2 is 1.95 bits per heavy atom. The van der Waals surface area contributed by atoms with Gasteiger partial charge in [-0.1, -0.05) is 6.92 Å². The Morgan fingerprint density at radius 3 is 2.40 bits per heavy atom. The molecule has 0 aromatic rings. The fraction of sp³-hybridized carbons (Fsp3) is 0.769. The van der Waals surface area contributed by atoms with Crippen LogP contribution in [0.15, 0.2) is 11.8 Å². The van der Waals surface area contributed by atoms with Crippen molar-refractivity contribution in [2.24, 2.45) is 11.8 Å². The number of halogens is 3. The minimum atomic E-state index is -4.42. The van der Waals surface area contributed by atoms with Gasteiger partial charge in [0.05, 0.1) is 5.92 Å². The van der Waals surface area contributed by atoms with Gasteiger partial charge < -0.3 is 8.92 Å². The molecule has 0 saturated carbocycles. The minimum absolute atomic E-state index is 0.112. The number of allylic oxidation sites excluding steroid dienone is 2. The van der Waals surface area contributed by atoms with Crippen molar-refractivity contribution in [3.63, 3.8) is 0 Å². The largest absolute Gasteiger partial charge is 0.479 e. The summed E-state index contributed by atoms with van der Waals surface area (Å²) in [5, 5.41) is 0. The smallest absolute Gasteiger partial charge is 0.460 e. The normalized spacial score (nSPS) is 24.1. The molecule has 7 heteroatoms. The zero-order valence-corrected chi connectivity index (χ0v) is 12.7. The molecule has 0 heterocycles. The van der Waals surface area contributed by atoms with Gasteiger partial charge in [-0.2, -0.15) is 13.2 Å². The van der Waals surface area contributed by atoms with Gasteiger partial charge in [-0.25, -0.2) is 0 Å². The van der Waals surface area contributed by atoms with Crippen LogP contribution in [0.2, 0.25) is 0 Å². The van der Waals surface area contributed by atoms with Crippen LogP contribution < -0.4 is 0 Å². The van der Waals surface area contributed by atoms with Crippen LogP contribution in [0, 0.1) is 11.8 Å². The van der Waals surface area contributed by atoms with Crippen molar-refractivity contribution in [3.05, 3.63) is 11.8 Å². The summed E-state index contributed by atoms with van der Waals surface area (Å²) in [6.45, 7) is 7.15. The van der Waals surface area contributed by atoms with Crippen LogP contribution in [0.25, 0.3) is 0 Å². The van der Waals surface area contributed by atoms with Crippen molar-refractivity contribution < 1.29 is 26.9 Å². The lowest BCUT2D eigenvalue weighted by atomic mass is 9.83. The molecule has 1 aliphatic carbocycles. The minimum Gasteiger partial charge on any atom is -0.460 e. The Labute approximate surface area is 121 Å². The second kappa shape index (κ2) is 6.28. The first-order chi connectivity index (χ1) is 8.98. The number of alkyl halides is 3. The quantitative estimate of drug-likeness (QED) is 0.570. The number of rotatable bonds is 3. The van der Waals surface area contributed by atoms with Gasteiger partial charge in [-0.3, -0.25) is 4.79 Å². The Kier molecular flexibility index (Phi) is 5.40. The van der Waals surface area contributed by atoms with Gasteiger partial charge >= 0.3 is 11.5 Å². The standard InChI is InChI=1S/C13H19F3O3S/c1-8-7-9(19-20-13(14,15)16)5-6-10(8)11(17)18-12(2,3)4/h5,8,10H,6-7H2,1-4H3/t8?,10-/m1/s1. The molecule has 116 valence electrons. The van der Waals surface area contributed by atoms with E-state index in [1.165, 1.54) is 6.08 Å². The van der Waals surface area contributed by atoms with Crippen molar-refractivity contribution in [3.8, 4) is 0 Å². The molecule has 1 unspecified atom stereocenters.